The van der Waals surface area contributed by atoms with Gasteiger partial charge in [0.2, 0.25) is 0 Å². The molecule has 0 radical (unpaired) electrons. The summed E-state index contributed by atoms with van der Waals surface area (Å²) in [5.74, 6) is 0.159. The zero-order chi connectivity index (χ0) is 19.9. The maximum Gasteiger partial charge on any atom is 0.337 e. The number of aromatic nitrogens is 1. The number of hydrogen-bond acceptors (Lipinski definition) is 7. The van der Waals surface area contributed by atoms with E-state index in [1.165, 1.54) is 20.3 Å². The summed E-state index contributed by atoms with van der Waals surface area (Å²) in [6.45, 7) is 1.12. The number of benzene rings is 1. The predicted molar refractivity (Wildman–Crippen MR) is 102 cm³/mol. The lowest BCUT2D eigenvalue weighted by molar-refractivity contribution is 0.0599. The summed E-state index contributed by atoms with van der Waals surface area (Å²) in [5, 5.41) is 3.26. The van der Waals surface area contributed by atoms with Crippen molar-refractivity contribution in [1.82, 2.24) is 10.3 Å². The number of methoxy groups -OCH3 is 2. The number of carbonyl (C=O) groups excluding carboxylic acids is 2. The summed E-state index contributed by atoms with van der Waals surface area (Å²) in [6, 6.07) is 14.0. The molecule has 0 atom stereocenters. The zero-order valence-corrected chi connectivity index (χ0v) is 15.6. The molecule has 0 aliphatic heterocycles. The van der Waals surface area contributed by atoms with Crippen LogP contribution in [0.1, 0.15) is 32.2 Å². The van der Waals surface area contributed by atoms with E-state index in [-0.39, 0.29) is 11.1 Å². The molecule has 0 bridgehead atoms. The van der Waals surface area contributed by atoms with Crippen molar-refractivity contribution in [2.45, 2.75) is 13.1 Å². The number of carbonyl (C=O) groups is 2. The summed E-state index contributed by atoms with van der Waals surface area (Å²) >= 11 is 0. The van der Waals surface area contributed by atoms with Crippen LogP contribution < -0.4 is 5.32 Å². The molecule has 0 saturated heterocycles. The number of pyridine rings is 1. The van der Waals surface area contributed by atoms with Gasteiger partial charge in [0.25, 0.3) is 0 Å². The molecular formula is C21H20N2O5. The Morgan fingerprint density at radius 1 is 0.964 bits per heavy atom. The van der Waals surface area contributed by atoms with E-state index in [1.807, 2.05) is 24.3 Å². The van der Waals surface area contributed by atoms with Crippen molar-refractivity contribution in [3.05, 3.63) is 77.3 Å². The largest absolute Gasteiger partial charge is 0.465 e. The van der Waals surface area contributed by atoms with E-state index < -0.39 is 11.9 Å². The lowest BCUT2D eigenvalue weighted by Crippen LogP contribution is -2.12. The van der Waals surface area contributed by atoms with Crippen LogP contribution in [0.2, 0.25) is 0 Å². The van der Waals surface area contributed by atoms with Crippen molar-refractivity contribution in [3.8, 4) is 11.3 Å². The standard InChI is InChI=1S/C21H20N2O5/c1-26-20(24)15-9-14(10-16(11-15)21(25)27-2)19-7-6-18(28-19)13-22-12-17-5-3-4-8-23-17/h3-11,22H,12-13H2,1-2H3. The molecule has 3 aromatic rings. The van der Waals surface area contributed by atoms with Gasteiger partial charge in [-0.3, -0.25) is 4.98 Å². The molecule has 2 aromatic heterocycles. The normalized spacial score (nSPS) is 10.5. The summed E-state index contributed by atoms with van der Waals surface area (Å²) in [7, 11) is 2.57. The average Bonchev–Trinajstić information content (AvgIpc) is 3.22. The van der Waals surface area contributed by atoms with Gasteiger partial charge in [-0.25, -0.2) is 9.59 Å². The molecule has 0 amide bonds. The number of nitrogens with zero attached hydrogens (tertiary/aromatic N) is 1. The monoisotopic (exact) mass is 380 g/mol. The van der Waals surface area contributed by atoms with Crippen molar-refractivity contribution < 1.29 is 23.5 Å². The van der Waals surface area contributed by atoms with E-state index in [1.54, 1.807) is 24.4 Å². The summed E-state index contributed by atoms with van der Waals surface area (Å²) < 4.78 is 15.4. The summed E-state index contributed by atoms with van der Waals surface area (Å²) in [5.41, 5.74) is 2.00. The van der Waals surface area contributed by atoms with E-state index >= 15 is 0 Å². The predicted octanol–water partition coefficient (Wildman–Crippen LogP) is 3.20. The summed E-state index contributed by atoms with van der Waals surface area (Å²) in [6.07, 6.45) is 1.75. The van der Waals surface area contributed by atoms with Crippen LogP contribution >= 0.6 is 0 Å². The van der Waals surface area contributed by atoms with E-state index in [0.29, 0.717) is 30.2 Å². The van der Waals surface area contributed by atoms with Gasteiger partial charge in [-0.2, -0.15) is 0 Å². The van der Waals surface area contributed by atoms with Crippen LogP contribution in [0.5, 0.6) is 0 Å². The minimum Gasteiger partial charge on any atom is -0.465 e. The third kappa shape index (κ3) is 4.63. The van der Waals surface area contributed by atoms with Crippen LogP contribution in [0.4, 0.5) is 0 Å². The molecule has 7 heteroatoms. The Morgan fingerprint density at radius 2 is 1.68 bits per heavy atom. The van der Waals surface area contributed by atoms with E-state index in [2.05, 4.69) is 10.3 Å². The number of furan rings is 1. The molecule has 1 aromatic carbocycles. The van der Waals surface area contributed by atoms with Crippen molar-refractivity contribution in [2.24, 2.45) is 0 Å². The molecule has 0 saturated carbocycles. The number of nitrogens with one attached hydrogen (secondary N) is 1. The van der Waals surface area contributed by atoms with Gasteiger partial charge in [-0.05, 0) is 42.5 Å². The van der Waals surface area contributed by atoms with Gasteiger partial charge in [0.1, 0.15) is 11.5 Å². The molecule has 28 heavy (non-hydrogen) atoms. The first-order chi connectivity index (χ1) is 13.6. The van der Waals surface area contributed by atoms with E-state index in [9.17, 15) is 9.59 Å². The van der Waals surface area contributed by atoms with Crippen molar-refractivity contribution >= 4 is 11.9 Å². The minimum atomic E-state index is -0.546. The molecule has 1 N–H and O–H groups in total. The second-order valence-corrected chi connectivity index (χ2v) is 5.97. The molecule has 3 rings (SSSR count). The molecule has 2 heterocycles. The number of esters is 2. The molecule has 0 aliphatic carbocycles. The molecular weight excluding hydrogens is 360 g/mol. The first kappa shape index (κ1) is 19.3. The lowest BCUT2D eigenvalue weighted by atomic mass is 10.0. The van der Waals surface area contributed by atoms with Crippen LogP contribution in [0.25, 0.3) is 11.3 Å². The second-order valence-electron chi connectivity index (χ2n) is 5.97. The summed E-state index contributed by atoms with van der Waals surface area (Å²) in [4.78, 5) is 28.1. The quantitative estimate of drug-likeness (QED) is 0.629. The highest BCUT2D eigenvalue weighted by molar-refractivity contribution is 5.97. The fraction of sp³-hybridized carbons (Fsp3) is 0.190. The van der Waals surface area contributed by atoms with Crippen LogP contribution in [-0.4, -0.2) is 31.1 Å². The Morgan fingerprint density at radius 3 is 2.29 bits per heavy atom. The Hall–Kier alpha value is -3.45. The maximum absolute atomic E-state index is 11.9. The smallest absolute Gasteiger partial charge is 0.337 e. The molecule has 7 nitrogen and oxygen atoms in total. The lowest BCUT2D eigenvalue weighted by Gasteiger charge is -2.07. The van der Waals surface area contributed by atoms with Gasteiger partial charge in [-0.1, -0.05) is 6.07 Å². The van der Waals surface area contributed by atoms with Gasteiger partial charge < -0.3 is 19.2 Å². The maximum atomic E-state index is 11.9. The number of ether oxygens (including phenoxy) is 2. The molecule has 0 unspecified atom stereocenters. The Kier molecular flexibility index (Phi) is 6.18. The van der Waals surface area contributed by atoms with Gasteiger partial charge >= 0.3 is 11.9 Å². The Balaban J connectivity index is 1.77. The third-order valence-electron chi connectivity index (χ3n) is 4.05. The van der Waals surface area contributed by atoms with Crippen LogP contribution in [-0.2, 0) is 22.6 Å². The number of hydrogen-bond donors (Lipinski definition) is 1. The minimum absolute atomic E-state index is 0.242. The first-order valence-corrected chi connectivity index (χ1v) is 8.62. The highest BCUT2D eigenvalue weighted by Crippen LogP contribution is 2.25. The van der Waals surface area contributed by atoms with Crippen molar-refractivity contribution in [1.29, 1.82) is 0 Å². The topological polar surface area (TPSA) is 90.7 Å². The average molecular weight is 380 g/mol. The molecule has 0 aliphatic rings. The van der Waals surface area contributed by atoms with Gasteiger partial charge in [0.15, 0.2) is 0 Å². The highest BCUT2D eigenvalue weighted by atomic mass is 16.5. The van der Waals surface area contributed by atoms with Crippen LogP contribution in [0, 0.1) is 0 Å². The van der Waals surface area contributed by atoms with E-state index in [4.69, 9.17) is 13.9 Å². The highest BCUT2D eigenvalue weighted by Gasteiger charge is 2.16. The SMILES string of the molecule is COC(=O)c1cc(C(=O)OC)cc(-c2ccc(CNCc3ccccn3)o2)c1. The Labute approximate surface area is 162 Å². The van der Waals surface area contributed by atoms with Crippen LogP contribution in [0.3, 0.4) is 0 Å². The zero-order valence-electron chi connectivity index (χ0n) is 15.6. The second kappa shape index (κ2) is 8.96. The number of rotatable bonds is 7. The van der Waals surface area contributed by atoms with Crippen molar-refractivity contribution in [3.63, 3.8) is 0 Å². The molecule has 0 spiro atoms. The van der Waals surface area contributed by atoms with E-state index in [0.717, 1.165) is 5.69 Å². The Bertz CT molecular complexity index is 932. The van der Waals surface area contributed by atoms with Crippen molar-refractivity contribution in [2.75, 3.05) is 14.2 Å². The fourth-order valence-corrected chi connectivity index (χ4v) is 2.69. The molecule has 144 valence electrons. The third-order valence-corrected chi connectivity index (χ3v) is 4.05. The van der Waals surface area contributed by atoms with Crippen LogP contribution in [0.15, 0.2) is 59.1 Å². The van der Waals surface area contributed by atoms with Gasteiger partial charge in [0, 0.05) is 18.3 Å². The van der Waals surface area contributed by atoms with Gasteiger partial charge in [-0.15, -0.1) is 0 Å². The molecule has 0 fully saturated rings. The van der Waals surface area contributed by atoms with Gasteiger partial charge in [0.05, 0.1) is 37.6 Å². The fourth-order valence-electron chi connectivity index (χ4n) is 2.69. The first-order valence-electron chi connectivity index (χ1n) is 8.62.